The molecule has 0 spiro atoms. The zero-order valence-corrected chi connectivity index (χ0v) is 13.6. The molecule has 0 fully saturated rings. The minimum absolute atomic E-state index is 1.13. The van der Waals surface area contributed by atoms with E-state index < -0.39 is 0 Å². The van der Waals surface area contributed by atoms with Crippen LogP contribution in [-0.2, 0) is 0 Å². The maximum Gasteiger partial charge on any atom is -0.00924 e. The molecular weight excluding hydrogens is 216 g/mol. The largest absolute Gasteiger partial charge is 0.115 e. The molecule has 0 heterocycles. The molecule has 0 atom stereocenters. The van der Waals surface area contributed by atoms with Gasteiger partial charge in [-0.05, 0) is 25.0 Å². The molecule has 0 aliphatic rings. The molecule has 0 nitrogen and oxygen atoms in total. The molecular formula is C18H34. The molecule has 0 amide bonds. The summed E-state index contributed by atoms with van der Waals surface area (Å²) in [6.07, 6.45) is 18.9. The van der Waals surface area contributed by atoms with Gasteiger partial charge >= 0.3 is 0 Å². The minimum Gasteiger partial charge on any atom is -0.115 e. The second-order valence-electron chi connectivity index (χ2n) is 3.95. The Hall–Kier alpha value is -0.960. The third-order valence-electron chi connectivity index (χ3n) is 2.10. The van der Waals surface area contributed by atoms with Crippen molar-refractivity contribution in [1.29, 1.82) is 0 Å². The van der Waals surface area contributed by atoms with Crippen molar-refractivity contribution in [1.82, 2.24) is 0 Å². The van der Waals surface area contributed by atoms with Crippen molar-refractivity contribution in [3.8, 4) is 12.3 Å². The van der Waals surface area contributed by atoms with Crippen molar-refractivity contribution in [2.24, 2.45) is 0 Å². The lowest BCUT2D eigenvalue weighted by Gasteiger charge is -1.86. The second kappa shape index (κ2) is 25.0. The molecule has 0 aromatic heterocycles. The molecule has 0 radical (unpaired) electrons. The maximum atomic E-state index is 5.07. The highest BCUT2D eigenvalue weighted by Gasteiger charge is 1.77. The standard InChI is InChI=1S/C10H14.C6H14.C2H6/c1-4-6-7-9-10(3)8-5-2;1-3-5-6-4-2;1-2/h2,7-9H,4,6H2,1,3H3;3-6H2,1-2H3;1-2H3/b9-7-,10-8-;;. The lowest BCUT2D eigenvalue weighted by molar-refractivity contribution is 0.702. The Bertz CT molecular complexity index is 209. The first-order valence-corrected chi connectivity index (χ1v) is 7.52. The van der Waals surface area contributed by atoms with Gasteiger partial charge in [0.2, 0.25) is 0 Å². The molecule has 18 heavy (non-hydrogen) atoms. The molecule has 0 aromatic carbocycles. The predicted molar refractivity (Wildman–Crippen MR) is 87.8 cm³/mol. The molecule has 106 valence electrons. The molecule has 0 heteroatoms. The summed E-state index contributed by atoms with van der Waals surface area (Å²) in [4.78, 5) is 0. The van der Waals surface area contributed by atoms with Gasteiger partial charge in [0.1, 0.15) is 0 Å². The normalized spacial score (nSPS) is 9.94. The number of hydrogen-bond acceptors (Lipinski definition) is 0. The first-order chi connectivity index (χ1) is 8.72. The van der Waals surface area contributed by atoms with E-state index in [-0.39, 0.29) is 0 Å². The smallest absolute Gasteiger partial charge is 0.00924 e. The van der Waals surface area contributed by atoms with E-state index >= 15 is 0 Å². The lowest BCUT2D eigenvalue weighted by Crippen LogP contribution is -1.66. The molecule has 0 aliphatic carbocycles. The number of allylic oxidation sites excluding steroid dienone is 4. The Labute approximate surface area is 117 Å². The van der Waals surface area contributed by atoms with Gasteiger partial charge in [0, 0.05) is 0 Å². The van der Waals surface area contributed by atoms with Crippen LogP contribution >= 0.6 is 0 Å². The van der Waals surface area contributed by atoms with E-state index in [1.807, 2.05) is 20.8 Å². The van der Waals surface area contributed by atoms with Crippen LogP contribution in [0.2, 0.25) is 0 Å². The van der Waals surface area contributed by atoms with Gasteiger partial charge in [-0.25, -0.2) is 0 Å². The summed E-state index contributed by atoms with van der Waals surface area (Å²) in [6.45, 7) is 12.6. The summed E-state index contributed by atoms with van der Waals surface area (Å²) >= 11 is 0. The number of hydrogen-bond donors (Lipinski definition) is 0. The molecule has 0 unspecified atom stereocenters. The van der Waals surface area contributed by atoms with E-state index in [1.54, 1.807) is 6.08 Å². The van der Waals surface area contributed by atoms with Crippen molar-refractivity contribution < 1.29 is 0 Å². The highest BCUT2D eigenvalue weighted by molar-refractivity contribution is 5.24. The number of unbranched alkanes of at least 4 members (excludes halogenated alkanes) is 4. The Balaban J connectivity index is -0.000000241. The monoisotopic (exact) mass is 250 g/mol. The van der Waals surface area contributed by atoms with Crippen LogP contribution in [0, 0.1) is 12.3 Å². The van der Waals surface area contributed by atoms with E-state index in [0.29, 0.717) is 0 Å². The van der Waals surface area contributed by atoms with E-state index in [4.69, 9.17) is 6.42 Å². The van der Waals surface area contributed by atoms with Crippen LogP contribution in [0.4, 0.5) is 0 Å². The average molecular weight is 250 g/mol. The molecule has 0 rings (SSSR count). The zero-order chi connectivity index (χ0) is 14.6. The van der Waals surface area contributed by atoms with Crippen LogP contribution in [0.5, 0.6) is 0 Å². The SMILES string of the molecule is C#C/C=C(C)\C=C/CCC.CC.CCCCCC. The van der Waals surface area contributed by atoms with Crippen LogP contribution in [0.25, 0.3) is 0 Å². The van der Waals surface area contributed by atoms with E-state index in [9.17, 15) is 0 Å². The highest BCUT2D eigenvalue weighted by Crippen LogP contribution is 1.96. The Morgan fingerprint density at radius 2 is 1.50 bits per heavy atom. The predicted octanol–water partition coefficient (Wildman–Crippen LogP) is 6.54. The lowest BCUT2D eigenvalue weighted by atomic mass is 10.2. The fourth-order valence-corrected chi connectivity index (χ4v) is 1.12. The maximum absolute atomic E-state index is 5.07. The molecule has 0 N–H and O–H groups in total. The summed E-state index contributed by atoms with van der Waals surface area (Å²) in [5.41, 5.74) is 1.15. The average Bonchev–Trinajstić information content (AvgIpc) is 2.40. The van der Waals surface area contributed by atoms with Gasteiger partial charge in [0.05, 0.1) is 0 Å². The topological polar surface area (TPSA) is 0 Å². The first-order valence-electron chi connectivity index (χ1n) is 7.52. The fraction of sp³-hybridized carbons (Fsp3) is 0.667. The van der Waals surface area contributed by atoms with Gasteiger partial charge in [0.25, 0.3) is 0 Å². The first kappa shape index (κ1) is 22.2. The van der Waals surface area contributed by atoms with Gasteiger partial charge in [-0.3, -0.25) is 0 Å². The minimum atomic E-state index is 1.13. The van der Waals surface area contributed by atoms with Crippen LogP contribution in [0.3, 0.4) is 0 Å². The van der Waals surface area contributed by atoms with Gasteiger partial charge < -0.3 is 0 Å². The highest BCUT2D eigenvalue weighted by atomic mass is 13.8. The quantitative estimate of drug-likeness (QED) is 0.285. The summed E-state index contributed by atoms with van der Waals surface area (Å²) in [5.74, 6) is 2.48. The Morgan fingerprint density at radius 1 is 1.00 bits per heavy atom. The summed E-state index contributed by atoms with van der Waals surface area (Å²) in [6, 6.07) is 0. The number of terminal acetylenes is 1. The van der Waals surface area contributed by atoms with Crippen molar-refractivity contribution in [3.05, 3.63) is 23.8 Å². The summed E-state index contributed by atoms with van der Waals surface area (Å²) < 4.78 is 0. The molecule has 0 aromatic rings. The Morgan fingerprint density at radius 3 is 1.83 bits per heavy atom. The van der Waals surface area contributed by atoms with Gasteiger partial charge in [-0.1, -0.05) is 84.8 Å². The van der Waals surface area contributed by atoms with E-state index in [0.717, 1.165) is 12.0 Å². The molecule has 0 bridgehead atoms. The van der Waals surface area contributed by atoms with Crippen LogP contribution in [0.15, 0.2) is 23.8 Å². The van der Waals surface area contributed by atoms with E-state index in [1.165, 1.54) is 32.1 Å². The van der Waals surface area contributed by atoms with Gasteiger partial charge in [0.15, 0.2) is 0 Å². The fourth-order valence-electron chi connectivity index (χ4n) is 1.12. The molecule has 0 aliphatic heterocycles. The molecule has 0 saturated heterocycles. The zero-order valence-electron chi connectivity index (χ0n) is 13.6. The van der Waals surface area contributed by atoms with Crippen LogP contribution in [-0.4, -0.2) is 0 Å². The second-order valence-corrected chi connectivity index (χ2v) is 3.95. The van der Waals surface area contributed by atoms with Crippen LogP contribution in [0.1, 0.15) is 80.1 Å². The third-order valence-corrected chi connectivity index (χ3v) is 2.10. The van der Waals surface area contributed by atoms with Crippen molar-refractivity contribution in [2.45, 2.75) is 80.1 Å². The van der Waals surface area contributed by atoms with Crippen molar-refractivity contribution in [3.63, 3.8) is 0 Å². The van der Waals surface area contributed by atoms with Gasteiger partial charge in [-0.2, -0.15) is 0 Å². The third kappa shape index (κ3) is 29.4. The molecule has 0 saturated carbocycles. The summed E-state index contributed by atoms with van der Waals surface area (Å²) in [7, 11) is 0. The number of rotatable bonds is 6. The summed E-state index contributed by atoms with van der Waals surface area (Å²) in [5, 5.41) is 0. The Kier molecular flexibility index (Phi) is 30.9. The van der Waals surface area contributed by atoms with Gasteiger partial charge in [-0.15, -0.1) is 6.42 Å². The van der Waals surface area contributed by atoms with Crippen LogP contribution < -0.4 is 0 Å². The van der Waals surface area contributed by atoms with E-state index in [2.05, 4.69) is 38.8 Å². The van der Waals surface area contributed by atoms with Crippen molar-refractivity contribution in [2.75, 3.05) is 0 Å². The van der Waals surface area contributed by atoms with Crippen molar-refractivity contribution >= 4 is 0 Å².